The highest BCUT2D eigenvalue weighted by atomic mass is 28.1. The summed E-state index contributed by atoms with van der Waals surface area (Å²) >= 11 is 0. The van der Waals surface area contributed by atoms with Crippen molar-refractivity contribution in [3.8, 4) is 0 Å². The van der Waals surface area contributed by atoms with Crippen LogP contribution in [0.2, 0.25) is 0 Å². The fraction of sp³-hybridized carbons (Fsp3) is 0.286. The van der Waals surface area contributed by atoms with Crippen LogP contribution < -0.4 is 5.19 Å². The summed E-state index contributed by atoms with van der Waals surface area (Å²) in [5.41, 5.74) is 1.01. The zero-order valence-electron chi connectivity index (χ0n) is 10.4. The van der Waals surface area contributed by atoms with E-state index >= 15 is 0 Å². The first-order valence-electron chi connectivity index (χ1n) is 5.59. The van der Waals surface area contributed by atoms with E-state index in [2.05, 4.69) is 50.2 Å². The van der Waals surface area contributed by atoms with Gasteiger partial charge in [-0.15, -0.1) is 0 Å². The molecule has 2 aromatic carbocycles. The molecule has 0 amide bonds. The molecule has 0 aliphatic carbocycles. The lowest BCUT2D eigenvalue weighted by molar-refractivity contribution is 0.0193. The topological polar surface area (TPSA) is 9.23 Å². The largest absolute Gasteiger partial charge is 0.374 e. The van der Waals surface area contributed by atoms with E-state index in [9.17, 15) is 0 Å². The standard InChI is InChI=1S/C14H18OSi/c1-14(2,15-3)12-6-4-11-9-13(16)7-5-10(11)8-12/h4-9H,1-3,16H3. The predicted octanol–water partition coefficient (Wildman–Crippen LogP) is 1.71. The van der Waals surface area contributed by atoms with Gasteiger partial charge < -0.3 is 4.74 Å². The Hall–Kier alpha value is -1.12. The van der Waals surface area contributed by atoms with E-state index in [1.54, 1.807) is 7.11 Å². The Balaban J connectivity index is 2.57. The van der Waals surface area contributed by atoms with Crippen LogP contribution in [0, 0.1) is 0 Å². The average Bonchev–Trinajstić information content (AvgIpc) is 2.28. The summed E-state index contributed by atoms with van der Waals surface area (Å²) in [5.74, 6) is 0. The van der Waals surface area contributed by atoms with Crippen molar-refractivity contribution in [2.75, 3.05) is 7.11 Å². The molecular formula is C14H18OSi. The highest BCUT2D eigenvalue weighted by Gasteiger charge is 2.19. The highest BCUT2D eigenvalue weighted by molar-refractivity contribution is 6.33. The van der Waals surface area contributed by atoms with Crippen LogP contribution in [-0.4, -0.2) is 17.4 Å². The summed E-state index contributed by atoms with van der Waals surface area (Å²) in [6.45, 7) is 4.19. The number of rotatable bonds is 2. The summed E-state index contributed by atoms with van der Waals surface area (Å²) in [5, 5.41) is 4.05. The van der Waals surface area contributed by atoms with Crippen LogP contribution in [0.1, 0.15) is 19.4 Å². The van der Waals surface area contributed by atoms with Crippen molar-refractivity contribution in [1.82, 2.24) is 0 Å². The maximum atomic E-state index is 5.50. The lowest BCUT2D eigenvalue weighted by Gasteiger charge is -2.23. The number of methoxy groups -OCH3 is 1. The minimum atomic E-state index is -0.214. The summed E-state index contributed by atoms with van der Waals surface area (Å²) in [4.78, 5) is 0. The van der Waals surface area contributed by atoms with Gasteiger partial charge in [0.2, 0.25) is 0 Å². The predicted molar refractivity (Wildman–Crippen MR) is 73.6 cm³/mol. The number of hydrogen-bond acceptors (Lipinski definition) is 1. The Bertz CT molecular complexity index is 517. The van der Waals surface area contributed by atoms with Gasteiger partial charge in [-0.3, -0.25) is 0 Å². The molecule has 16 heavy (non-hydrogen) atoms. The molecule has 2 aromatic rings. The van der Waals surface area contributed by atoms with Crippen LogP contribution in [0.4, 0.5) is 0 Å². The number of benzene rings is 2. The first kappa shape index (κ1) is 11.4. The Morgan fingerprint density at radius 2 is 1.62 bits per heavy atom. The Labute approximate surface area is 99.9 Å². The van der Waals surface area contributed by atoms with Gasteiger partial charge in [0.25, 0.3) is 0 Å². The molecule has 0 heterocycles. The minimum Gasteiger partial charge on any atom is -0.374 e. The third-order valence-corrected chi connectivity index (χ3v) is 3.82. The van der Waals surface area contributed by atoms with E-state index in [1.807, 2.05) is 0 Å². The quantitative estimate of drug-likeness (QED) is 0.714. The van der Waals surface area contributed by atoms with Gasteiger partial charge in [-0.25, -0.2) is 0 Å². The molecule has 2 heteroatoms. The summed E-state index contributed by atoms with van der Waals surface area (Å²) in [6.07, 6.45) is 0. The maximum Gasteiger partial charge on any atom is 0.0871 e. The second-order valence-electron chi connectivity index (χ2n) is 4.78. The van der Waals surface area contributed by atoms with Gasteiger partial charge in [-0.1, -0.05) is 35.5 Å². The third kappa shape index (κ3) is 2.03. The molecule has 0 aromatic heterocycles. The molecule has 0 N–H and O–H groups in total. The normalized spacial score (nSPS) is 12.2. The van der Waals surface area contributed by atoms with Crippen molar-refractivity contribution < 1.29 is 4.74 Å². The summed E-state index contributed by atoms with van der Waals surface area (Å²) < 4.78 is 5.50. The van der Waals surface area contributed by atoms with Gasteiger partial charge in [-0.2, -0.15) is 0 Å². The average molecular weight is 230 g/mol. The minimum absolute atomic E-state index is 0.214. The zero-order chi connectivity index (χ0) is 11.8. The molecule has 0 fully saturated rings. The molecule has 0 spiro atoms. The van der Waals surface area contributed by atoms with Gasteiger partial charge in [0.15, 0.2) is 0 Å². The van der Waals surface area contributed by atoms with Crippen molar-refractivity contribution in [3.63, 3.8) is 0 Å². The van der Waals surface area contributed by atoms with Gasteiger partial charge in [0.05, 0.1) is 5.60 Å². The molecule has 2 rings (SSSR count). The molecular weight excluding hydrogens is 212 g/mol. The maximum absolute atomic E-state index is 5.50. The van der Waals surface area contributed by atoms with Gasteiger partial charge >= 0.3 is 0 Å². The molecule has 0 radical (unpaired) electrons. The van der Waals surface area contributed by atoms with E-state index in [4.69, 9.17) is 4.74 Å². The zero-order valence-corrected chi connectivity index (χ0v) is 12.4. The molecule has 0 saturated heterocycles. The summed E-state index contributed by atoms with van der Waals surface area (Å²) in [7, 11) is 2.86. The van der Waals surface area contributed by atoms with Crippen LogP contribution >= 0.6 is 0 Å². The van der Waals surface area contributed by atoms with Crippen molar-refractivity contribution in [2.45, 2.75) is 19.4 Å². The van der Waals surface area contributed by atoms with Crippen LogP contribution in [0.25, 0.3) is 10.8 Å². The molecule has 0 aliphatic rings. The van der Waals surface area contributed by atoms with Crippen LogP contribution in [0.15, 0.2) is 36.4 Å². The second-order valence-corrected chi connectivity index (χ2v) is 5.93. The van der Waals surface area contributed by atoms with Crippen LogP contribution in [0.5, 0.6) is 0 Å². The van der Waals surface area contributed by atoms with Gasteiger partial charge in [0.1, 0.15) is 0 Å². The molecule has 0 saturated carbocycles. The molecule has 1 nitrogen and oxygen atoms in total. The van der Waals surface area contributed by atoms with E-state index in [0.717, 1.165) is 10.2 Å². The van der Waals surface area contributed by atoms with E-state index in [1.165, 1.54) is 21.5 Å². The molecule has 0 unspecified atom stereocenters. The fourth-order valence-electron chi connectivity index (χ4n) is 1.86. The smallest absolute Gasteiger partial charge is 0.0871 e. The van der Waals surface area contributed by atoms with Crippen molar-refractivity contribution >= 4 is 26.2 Å². The lowest BCUT2D eigenvalue weighted by Crippen LogP contribution is -2.19. The monoisotopic (exact) mass is 230 g/mol. The highest BCUT2D eigenvalue weighted by Crippen LogP contribution is 2.26. The van der Waals surface area contributed by atoms with E-state index in [0.29, 0.717) is 0 Å². The molecule has 84 valence electrons. The second kappa shape index (κ2) is 4.04. The first-order chi connectivity index (χ1) is 7.53. The van der Waals surface area contributed by atoms with E-state index < -0.39 is 0 Å². The lowest BCUT2D eigenvalue weighted by atomic mass is 9.95. The third-order valence-electron chi connectivity index (χ3n) is 3.20. The first-order valence-corrected chi connectivity index (χ1v) is 6.59. The van der Waals surface area contributed by atoms with Crippen LogP contribution in [-0.2, 0) is 10.3 Å². The van der Waals surface area contributed by atoms with Crippen LogP contribution in [0.3, 0.4) is 0 Å². The Kier molecular flexibility index (Phi) is 2.87. The van der Waals surface area contributed by atoms with Crippen molar-refractivity contribution in [3.05, 3.63) is 42.0 Å². The Morgan fingerprint density at radius 3 is 2.31 bits per heavy atom. The van der Waals surface area contributed by atoms with Crippen molar-refractivity contribution in [2.24, 2.45) is 0 Å². The molecule has 0 aliphatic heterocycles. The Morgan fingerprint density at radius 1 is 1.00 bits per heavy atom. The number of fused-ring (bicyclic) bond motifs is 1. The number of ether oxygens (including phenoxy) is 1. The van der Waals surface area contributed by atoms with Gasteiger partial charge in [-0.05, 0) is 36.2 Å². The SMILES string of the molecule is COC(C)(C)c1ccc2cc([SiH3])ccc2c1. The number of hydrogen-bond donors (Lipinski definition) is 0. The van der Waals surface area contributed by atoms with Crippen molar-refractivity contribution in [1.29, 1.82) is 0 Å². The van der Waals surface area contributed by atoms with Gasteiger partial charge in [0, 0.05) is 17.4 Å². The van der Waals surface area contributed by atoms with E-state index in [-0.39, 0.29) is 5.60 Å². The molecule has 0 bridgehead atoms. The fourth-order valence-corrected chi connectivity index (χ4v) is 2.34. The molecule has 0 atom stereocenters. The summed E-state index contributed by atoms with van der Waals surface area (Å²) in [6, 6.07) is 13.2.